The molecule has 2 heteroatoms. The second-order valence-electron chi connectivity index (χ2n) is 5.38. The molecule has 1 aliphatic rings. The van der Waals surface area contributed by atoms with Gasteiger partial charge in [0.25, 0.3) is 0 Å². The van der Waals surface area contributed by atoms with E-state index in [1.54, 1.807) is 0 Å². The van der Waals surface area contributed by atoms with E-state index in [0.29, 0.717) is 5.75 Å². The van der Waals surface area contributed by atoms with Gasteiger partial charge in [-0.3, -0.25) is 4.90 Å². The molecule has 1 heterocycles. The van der Waals surface area contributed by atoms with Crippen molar-refractivity contribution in [1.82, 2.24) is 4.90 Å². The van der Waals surface area contributed by atoms with Gasteiger partial charge in [-0.2, -0.15) is 0 Å². The molecule has 94 valence electrons. The molecule has 1 fully saturated rings. The Hall–Kier alpha value is -1.02. The maximum absolute atomic E-state index is 9.76. The van der Waals surface area contributed by atoms with Crippen LogP contribution in [0.3, 0.4) is 0 Å². The highest BCUT2D eigenvalue weighted by Crippen LogP contribution is 2.26. The van der Waals surface area contributed by atoms with Crippen LogP contribution in [0.15, 0.2) is 12.1 Å². The van der Waals surface area contributed by atoms with Crippen molar-refractivity contribution in [3.63, 3.8) is 0 Å². The van der Waals surface area contributed by atoms with Gasteiger partial charge in [-0.05, 0) is 49.4 Å². The van der Waals surface area contributed by atoms with Crippen molar-refractivity contribution in [2.45, 2.75) is 40.2 Å². The first-order valence-electron chi connectivity index (χ1n) is 6.61. The fourth-order valence-corrected chi connectivity index (χ4v) is 2.78. The summed E-state index contributed by atoms with van der Waals surface area (Å²) in [7, 11) is 0. The Bertz CT molecular complexity index is 377. The average molecular weight is 233 g/mol. The predicted octanol–water partition coefficient (Wildman–Crippen LogP) is 3.24. The molecule has 0 bridgehead atoms. The van der Waals surface area contributed by atoms with Crippen molar-refractivity contribution < 1.29 is 5.11 Å². The normalized spacial score (nSPS) is 21.0. The summed E-state index contributed by atoms with van der Waals surface area (Å²) in [6, 6.07) is 4.23. The Labute approximate surface area is 104 Å². The standard InChI is InChI=1S/C15H23NO/c1-4-13-5-6-16(9-13)10-14-7-11(2)15(17)12(3)8-14/h7-8,13,17H,4-6,9-10H2,1-3H3. The van der Waals surface area contributed by atoms with Crippen LogP contribution in [0, 0.1) is 19.8 Å². The van der Waals surface area contributed by atoms with Gasteiger partial charge >= 0.3 is 0 Å². The number of hydrogen-bond acceptors (Lipinski definition) is 2. The Kier molecular flexibility index (Phi) is 3.72. The molecule has 1 saturated heterocycles. The number of nitrogens with zero attached hydrogens (tertiary/aromatic N) is 1. The largest absolute Gasteiger partial charge is 0.507 e. The number of aromatic hydroxyl groups is 1. The van der Waals surface area contributed by atoms with Crippen molar-refractivity contribution in [1.29, 1.82) is 0 Å². The Morgan fingerprint density at radius 2 is 1.94 bits per heavy atom. The molecule has 1 aromatic rings. The summed E-state index contributed by atoms with van der Waals surface area (Å²) in [6.07, 6.45) is 2.64. The van der Waals surface area contributed by atoms with Gasteiger partial charge in [0.2, 0.25) is 0 Å². The topological polar surface area (TPSA) is 23.5 Å². The fraction of sp³-hybridized carbons (Fsp3) is 0.600. The van der Waals surface area contributed by atoms with Crippen LogP contribution in [0.4, 0.5) is 0 Å². The zero-order valence-corrected chi connectivity index (χ0v) is 11.2. The van der Waals surface area contributed by atoms with E-state index in [2.05, 4.69) is 24.0 Å². The third-order valence-electron chi connectivity index (χ3n) is 3.90. The maximum atomic E-state index is 9.76. The van der Waals surface area contributed by atoms with Crippen molar-refractivity contribution >= 4 is 0 Å². The number of benzene rings is 1. The molecule has 1 aliphatic heterocycles. The van der Waals surface area contributed by atoms with E-state index in [0.717, 1.165) is 23.6 Å². The molecule has 17 heavy (non-hydrogen) atoms. The molecule has 2 rings (SSSR count). The van der Waals surface area contributed by atoms with Crippen molar-refractivity contribution in [3.05, 3.63) is 28.8 Å². The lowest BCUT2D eigenvalue weighted by atomic mass is 10.1. The number of rotatable bonds is 3. The summed E-state index contributed by atoms with van der Waals surface area (Å²) in [4.78, 5) is 2.53. The molecule has 0 radical (unpaired) electrons. The average Bonchev–Trinajstić information content (AvgIpc) is 2.73. The minimum atomic E-state index is 0.446. The fourth-order valence-electron chi connectivity index (χ4n) is 2.78. The van der Waals surface area contributed by atoms with Gasteiger partial charge in [0, 0.05) is 13.1 Å². The number of phenolic OH excluding ortho intramolecular Hbond substituents is 1. The van der Waals surface area contributed by atoms with Crippen LogP contribution in [-0.2, 0) is 6.54 Å². The Morgan fingerprint density at radius 1 is 1.29 bits per heavy atom. The van der Waals surface area contributed by atoms with Crippen LogP contribution < -0.4 is 0 Å². The Morgan fingerprint density at radius 3 is 2.47 bits per heavy atom. The molecule has 0 aliphatic carbocycles. The molecule has 0 amide bonds. The van der Waals surface area contributed by atoms with Gasteiger partial charge in [0.1, 0.15) is 5.75 Å². The molecule has 2 nitrogen and oxygen atoms in total. The predicted molar refractivity (Wildman–Crippen MR) is 71.3 cm³/mol. The summed E-state index contributed by atoms with van der Waals surface area (Å²) in [5.41, 5.74) is 3.31. The van der Waals surface area contributed by atoms with Gasteiger partial charge in [-0.25, -0.2) is 0 Å². The van der Waals surface area contributed by atoms with Gasteiger partial charge in [-0.15, -0.1) is 0 Å². The molecule has 0 saturated carbocycles. The van der Waals surface area contributed by atoms with E-state index in [9.17, 15) is 5.11 Å². The summed E-state index contributed by atoms with van der Waals surface area (Å²) < 4.78 is 0. The van der Waals surface area contributed by atoms with Crippen molar-refractivity contribution in [2.75, 3.05) is 13.1 Å². The second-order valence-corrected chi connectivity index (χ2v) is 5.38. The summed E-state index contributed by atoms with van der Waals surface area (Å²) in [5, 5.41) is 9.76. The molecule has 1 atom stereocenters. The zero-order chi connectivity index (χ0) is 12.4. The number of phenols is 1. The number of aryl methyl sites for hydroxylation is 2. The van der Waals surface area contributed by atoms with Crippen LogP contribution in [0.1, 0.15) is 36.5 Å². The van der Waals surface area contributed by atoms with Gasteiger partial charge in [-0.1, -0.05) is 25.5 Å². The maximum Gasteiger partial charge on any atom is 0.121 e. The molecule has 0 spiro atoms. The Balaban J connectivity index is 2.04. The van der Waals surface area contributed by atoms with Crippen LogP contribution >= 0.6 is 0 Å². The second kappa shape index (κ2) is 5.09. The molecular weight excluding hydrogens is 210 g/mol. The molecular formula is C15H23NO. The van der Waals surface area contributed by atoms with E-state index in [-0.39, 0.29) is 0 Å². The SMILES string of the molecule is CCC1CCN(Cc2cc(C)c(O)c(C)c2)C1. The summed E-state index contributed by atoms with van der Waals surface area (Å²) in [6.45, 7) is 9.71. The first kappa shape index (κ1) is 12.4. The molecule has 1 aromatic carbocycles. The van der Waals surface area contributed by atoms with Gasteiger partial charge < -0.3 is 5.11 Å². The van der Waals surface area contributed by atoms with Crippen molar-refractivity contribution in [2.24, 2.45) is 5.92 Å². The molecule has 0 aromatic heterocycles. The number of likely N-dealkylation sites (tertiary alicyclic amines) is 1. The van der Waals surface area contributed by atoms with E-state index in [1.807, 2.05) is 13.8 Å². The van der Waals surface area contributed by atoms with Crippen molar-refractivity contribution in [3.8, 4) is 5.75 Å². The van der Waals surface area contributed by atoms with Gasteiger partial charge in [0.05, 0.1) is 0 Å². The van der Waals surface area contributed by atoms with Crippen LogP contribution in [0.25, 0.3) is 0 Å². The van der Waals surface area contributed by atoms with Gasteiger partial charge in [0.15, 0.2) is 0 Å². The lowest BCUT2D eigenvalue weighted by Gasteiger charge is -2.17. The summed E-state index contributed by atoms with van der Waals surface area (Å²) in [5.74, 6) is 1.33. The van der Waals surface area contributed by atoms with E-state index < -0.39 is 0 Å². The third kappa shape index (κ3) is 2.81. The van der Waals surface area contributed by atoms with E-state index in [4.69, 9.17) is 0 Å². The monoisotopic (exact) mass is 233 g/mol. The first-order chi connectivity index (χ1) is 8.10. The highest BCUT2D eigenvalue weighted by molar-refractivity contribution is 5.42. The zero-order valence-electron chi connectivity index (χ0n) is 11.2. The third-order valence-corrected chi connectivity index (χ3v) is 3.90. The highest BCUT2D eigenvalue weighted by atomic mass is 16.3. The minimum absolute atomic E-state index is 0.446. The first-order valence-corrected chi connectivity index (χ1v) is 6.61. The lowest BCUT2D eigenvalue weighted by Crippen LogP contribution is -2.20. The van der Waals surface area contributed by atoms with Crippen LogP contribution in [0.5, 0.6) is 5.75 Å². The smallest absolute Gasteiger partial charge is 0.121 e. The molecule has 1 N–H and O–H groups in total. The highest BCUT2D eigenvalue weighted by Gasteiger charge is 2.20. The molecule has 1 unspecified atom stereocenters. The number of hydrogen-bond donors (Lipinski definition) is 1. The lowest BCUT2D eigenvalue weighted by molar-refractivity contribution is 0.315. The quantitative estimate of drug-likeness (QED) is 0.866. The van der Waals surface area contributed by atoms with Crippen LogP contribution in [0.2, 0.25) is 0 Å². The van der Waals surface area contributed by atoms with E-state index in [1.165, 1.54) is 31.5 Å². The minimum Gasteiger partial charge on any atom is -0.507 e. The summed E-state index contributed by atoms with van der Waals surface area (Å²) >= 11 is 0. The van der Waals surface area contributed by atoms with Crippen LogP contribution in [-0.4, -0.2) is 23.1 Å². The van der Waals surface area contributed by atoms with E-state index >= 15 is 0 Å².